The van der Waals surface area contributed by atoms with E-state index < -0.39 is 15.8 Å². The lowest BCUT2D eigenvalue weighted by molar-refractivity contribution is -0.133. The summed E-state index contributed by atoms with van der Waals surface area (Å²) in [5.74, 6) is -0.739. The van der Waals surface area contributed by atoms with Crippen LogP contribution in [-0.2, 0) is 21.4 Å². The molecule has 3 rings (SSSR count). The minimum Gasteiger partial charge on any atom is -0.339 e. The normalized spacial score (nSPS) is 15.8. The average Bonchev–Trinajstić information content (AvgIpc) is 2.69. The number of piperazine rings is 1. The monoisotopic (exact) mass is 405 g/mol. The van der Waals surface area contributed by atoms with E-state index in [9.17, 15) is 17.6 Å². The molecule has 8 heteroatoms. The molecule has 1 aliphatic rings. The Labute approximate surface area is 165 Å². The average molecular weight is 405 g/mol. The summed E-state index contributed by atoms with van der Waals surface area (Å²) in [7, 11) is -1.96. The van der Waals surface area contributed by atoms with Gasteiger partial charge in [-0.3, -0.25) is 4.79 Å². The van der Waals surface area contributed by atoms with Crippen molar-refractivity contribution in [1.29, 1.82) is 0 Å². The molecular formula is C20H24FN3O3S. The van der Waals surface area contributed by atoms with Gasteiger partial charge in [0.2, 0.25) is 15.9 Å². The van der Waals surface area contributed by atoms with Gasteiger partial charge < -0.3 is 9.80 Å². The van der Waals surface area contributed by atoms with Crippen LogP contribution >= 0.6 is 0 Å². The number of sulfonamides is 1. The third-order valence-electron chi connectivity index (χ3n) is 4.82. The minimum absolute atomic E-state index is 0.0315. The zero-order valence-electron chi connectivity index (χ0n) is 15.8. The van der Waals surface area contributed by atoms with Gasteiger partial charge in [0.05, 0.1) is 11.4 Å². The van der Waals surface area contributed by atoms with Gasteiger partial charge in [0.25, 0.3) is 0 Å². The van der Waals surface area contributed by atoms with Gasteiger partial charge in [-0.1, -0.05) is 30.3 Å². The highest BCUT2D eigenvalue weighted by atomic mass is 32.2. The van der Waals surface area contributed by atoms with Crippen LogP contribution in [0, 0.1) is 5.82 Å². The topological polar surface area (TPSA) is 60.9 Å². The molecule has 0 atom stereocenters. The summed E-state index contributed by atoms with van der Waals surface area (Å²) in [6, 6.07) is 13.8. The number of rotatable bonds is 6. The zero-order chi connectivity index (χ0) is 20.1. The maximum Gasteiger partial charge on any atom is 0.243 e. The van der Waals surface area contributed by atoms with Crippen LogP contribution < -0.4 is 0 Å². The number of carbonyl (C=O) groups excluding carboxylic acids is 1. The minimum atomic E-state index is -3.95. The van der Waals surface area contributed by atoms with Crippen molar-refractivity contribution in [3.8, 4) is 0 Å². The Hall–Kier alpha value is -2.29. The van der Waals surface area contributed by atoms with Crippen LogP contribution in [0.25, 0.3) is 0 Å². The standard InChI is InChI=1S/C20H24FN3O3S/c1-22-11-13-23(14-12-22)20(25)16-24(15-17-5-3-2-4-6-17)28(26,27)19-9-7-18(21)8-10-19/h2-10H,11-16H2,1H3. The summed E-state index contributed by atoms with van der Waals surface area (Å²) in [5, 5.41) is 0. The van der Waals surface area contributed by atoms with Gasteiger partial charge >= 0.3 is 0 Å². The number of hydrogen-bond acceptors (Lipinski definition) is 4. The second-order valence-electron chi connectivity index (χ2n) is 6.90. The maximum atomic E-state index is 13.2. The molecular weight excluding hydrogens is 381 g/mol. The van der Waals surface area contributed by atoms with Crippen molar-refractivity contribution in [1.82, 2.24) is 14.1 Å². The molecule has 0 bridgehead atoms. The lowest BCUT2D eigenvalue weighted by Crippen LogP contribution is -2.50. The van der Waals surface area contributed by atoms with E-state index in [1.54, 1.807) is 4.90 Å². The van der Waals surface area contributed by atoms with Crippen LogP contribution in [0.15, 0.2) is 59.5 Å². The van der Waals surface area contributed by atoms with Crippen LogP contribution in [0.2, 0.25) is 0 Å². The fraction of sp³-hybridized carbons (Fsp3) is 0.350. The Morgan fingerprint density at radius 2 is 1.61 bits per heavy atom. The Morgan fingerprint density at radius 1 is 1.00 bits per heavy atom. The molecule has 1 saturated heterocycles. The largest absolute Gasteiger partial charge is 0.339 e. The fourth-order valence-corrected chi connectivity index (χ4v) is 4.45. The van der Waals surface area contributed by atoms with Crippen molar-refractivity contribution in [2.24, 2.45) is 0 Å². The molecule has 1 heterocycles. The second-order valence-corrected chi connectivity index (χ2v) is 8.83. The first-order chi connectivity index (χ1) is 13.4. The second kappa shape index (κ2) is 8.81. The van der Waals surface area contributed by atoms with E-state index in [1.807, 2.05) is 37.4 Å². The third-order valence-corrected chi connectivity index (χ3v) is 6.63. The number of carbonyl (C=O) groups is 1. The fourth-order valence-electron chi connectivity index (χ4n) is 3.08. The van der Waals surface area contributed by atoms with E-state index in [4.69, 9.17) is 0 Å². The smallest absolute Gasteiger partial charge is 0.243 e. The molecule has 2 aromatic carbocycles. The maximum absolute atomic E-state index is 13.2. The van der Waals surface area contributed by atoms with Gasteiger partial charge in [-0.05, 0) is 36.9 Å². The SMILES string of the molecule is CN1CCN(C(=O)CN(Cc2ccccc2)S(=O)(=O)c2ccc(F)cc2)CC1. The van der Waals surface area contributed by atoms with Crippen LogP contribution in [0.4, 0.5) is 4.39 Å². The highest BCUT2D eigenvalue weighted by Crippen LogP contribution is 2.19. The quantitative estimate of drug-likeness (QED) is 0.735. The highest BCUT2D eigenvalue weighted by molar-refractivity contribution is 7.89. The van der Waals surface area contributed by atoms with Crippen LogP contribution in [-0.4, -0.2) is 68.2 Å². The lowest BCUT2D eigenvalue weighted by atomic mass is 10.2. The van der Waals surface area contributed by atoms with E-state index in [-0.39, 0.29) is 23.9 Å². The highest BCUT2D eigenvalue weighted by Gasteiger charge is 2.29. The predicted octanol–water partition coefficient (Wildman–Crippen LogP) is 1.79. The van der Waals surface area contributed by atoms with E-state index in [2.05, 4.69) is 4.90 Å². The van der Waals surface area contributed by atoms with Crippen molar-refractivity contribution in [3.63, 3.8) is 0 Å². The van der Waals surface area contributed by atoms with Gasteiger partial charge in [-0.25, -0.2) is 12.8 Å². The lowest BCUT2D eigenvalue weighted by Gasteiger charge is -2.33. The number of hydrogen-bond donors (Lipinski definition) is 0. The third kappa shape index (κ3) is 4.95. The van der Waals surface area contributed by atoms with Crippen molar-refractivity contribution in [2.45, 2.75) is 11.4 Å². The van der Waals surface area contributed by atoms with Gasteiger partial charge in [0, 0.05) is 32.7 Å². The van der Waals surface area contributed by atoms with Crippen LogP contribution in [0.5, 0.6) is 0 Å². The Kier molecular flexibility index (Phi) is 6.43. The van der Waals surface area contributed by atoms with Crippen molar-refractivity contribution in [2.75, 3.05) is 39.8 Å². The summed E-state index contributed by atoms with van der Waals surface area (Å²) in [6.07, 6.45) is 0. The molecule has 6 nitrogen and oxygen atoms in total. The molecule has 0 saturated carbocycles. The Morgan fingerprint density at radius 3 is 2.21 bits per heavy atom. The van der Waals surface area contributed by atoms with Crippen molar-refractivity contribution >= 4 is 15.9 Å². The summed E-state index contributed by atoms with van der Waals surface area (Å²) < 4.78 is 40.7. The molecule has 1 fully saturated rings. The molecule has 1 amide bonds. The summed E-state index contributed by atoms with van der Waals surface area (Å²) in [6.45, 7) is 2.48. The summed E-state index contributed by atoms with van der Waals surface area (Å²) in [5.41, 5.74) is 0.777. The van der Waals surface area contributed by atoms with Gasteiger partial charge in [-0.2, -0.15) is 4.31 Å². The van der Waals surface area contributed by atoms with E-state index in [0.29, 0.717) is 13.1 Å². The van der Waals surface area contributed by atoms with Gasteiger partial charge in [0.15, 0.2) is 0 Å². The van der Waals surface area contributed by atoms with Gasteiger partial charge in [-0.15, -0.1) is 0 Å². The molecule has 0 unspecified atom stereocenters. The van der Waals surface area contributed by atoms with Crippen molar-refractivity contribution < 1.29 is 17.6 Å². The number of benzene rings is 2. The van der Waals surface area contributed by atoms with Crippen LogP contribution in [0.3, 0.4) is 0 Å². The van der Waals surface area contributed by atoms with E-state index >= 15 is 0 Å². The predicted molar refractivity (Wildman–Crippen MR) is 105 cm³/mol. The molecule has 150 valence electrons. The molecule has 28 heavy (non-hydrogen) atoms. The molecule has 0 spiro atoms. The number of halogens is 1. The first-order valence-electron chi connectivity index (χ1n) is 9.12. The number of nitrogens with zero attached hydrogens (tertiary/aromatic N) is 3. The summed E-state index contributed by atoms with van der Waals surface area (Å²) >= 11 is 0. The molecule has 0 aliphatic carbocycles. The van der Waals surface area contributed by atoms with Crippen LogP contribution in [0.1, 0.15) is 5.56 Å². The number of likely N-dealkylation sites (N-methyl/N-ethyl adjacent to an activating group) is 1. The van der Waals surface area contributed by atoms with E-state index in [1.165, 1.54) is 12.1 Å². The van der Waals surface area contributed by atoms with Gasteiger partial charge in [0.1, 0.15) is 5.82 Å². The van der Waals surface area contributed by atoms with E-state index in [0.717, 1.165) is 35.1 Å². The molecule has 0 radical (unpaired) electrons. The molecule has 0 aromatic heterocycles. The molecule has 1 aliphatic heterocycles. The molecule has 0 N–H and O–H groups in total. The molecule has 2 aromatic rings. The Balaban J connectivity index is 1.84. The Bertz CT molecular complexity index is 896. The zero-order valence-corrected chi connectivity index (χ0v) is 16.6. The summed E-state index contributed by atoms with van der Waals surface area (Å²) in [4.78, 5) is 16.6. The number of amides is 1. The first-order valence-corrected chi connectivity index (χ1v) is 10.6. The first kappa shape index (κ1) is 20.4. The van der Waals surface area contributed by atoms with Crippen molar-refractivity contribution in [3.05, 3.63) is 66.0 Å².